The van der Waals surface area contributed by atoms with Crippen LogP contribution in [-0.4, -0.2) is 55.4 Å². The van der Waals surface area contributed by atoms with E-state index in [1.807, 2.05) is 39.8 Å². The molecule has 8 nitrogen and oxygen atoms in total. The lowest BCUT2D eigenvalue weighted by atomic mass is 10.1. The van der Waals surface area contributed by atoms with Gasteiger partial charge in [0, 0.05) is 13.1 Å². The number of hydrogen-bond acceptors (Lipinski definition) is 5. The SMILES string of the molecule is Cc1ccc(-n2ncc3c(=O)n(CC(=O)N4C[C@H](C)O[C@@H](C)C4)cnc32)c(C)c1. The molecular weight excluding hydrogens is 370 g/mol. The van der Waals surface area contributed by atoms with E-state index in [0.717, 1.165) is 16.8 Å². The Morgan fingerprint density at radius 1 is 1.21 bits per heavy atom. The number of amides is 1. The molecular formula is C21H25N5O3. The molecule has 4 rings (SSSR count). The number of aromatic nitrogens is 4. The lowest BCUT2D eigenvalue weighted by Gasteiger charge is -2.35. The van der Waals surface area contributed by atoms with Crippen LogP contribution in [0, 0.1) is 13.8 Å². The Balaban J connectivity index is 1.64. The van der Waals surface area contributed by atoms with Gasteiger partial charge >= 0.3 is 0 Å². The molecule has 1 amide bonds. The van der Waals surface area contributed by atoms with Gasteiger partial charge in [0.05, 0.1) is 24.1 Å². The molecule has 1 fully saturated rings. The third-order valence-corrected chi connectivity index (χ3v) is 5.21. The van der Waals surface area contributed by atoms with Crippen LogP contribution in [0.25, 0.3) is 16.7 Å². The standard InChI is InChI=1S/C21H25N5O3/c1-13-5-6-18(14(2)7-13)26-20-17(8-23-26)21(28)25(12-22-20)11-19(27)24-9-15(3)29-16(4)10-24/h5-8,12,15-16H,9-11H2,1-4H3/t15-,16-/m0/s1. The first-order valence-electron chi connectivity index (χ1n) is 9.77. The lowest BCUT2D eigenvalue weighted by Crippen LogP contribution is -2.49. The van der Waals surface area contributed by atoms with Crippen LogP contribution in [0.1, 0.15) is 25.0 Å². The summed E-state index contributed by atoms with van der Waals surface area (Å²) in [5, 5.41) is 4.77. The van der Waals surface area contributed by atoms with Crippen molar-refractivity contribution >= 4 is 16.9 Å². The van der Waals surface area contributed by atoms with Crippen molar-refractivity contribution < 1.29 is 9.53 Å². The molecule has 1 aromatic carbocycles. The fourth-order valence-corrected chi connectivity index (χ4v) is 3.91. The average Bonchev–Trinajstić information content (AvgIpc) is 3.08. The molecule has 8 heteroatoms. The van der Waals surface area contributed by atoms with E-state index in [1.165, 1.54) is 17.1 Å². The van der Waals surface area contributed by atoms with E-state index in [-0.39, 0.29) is 30.2 Å². The third-order valence-electron chi connectivity index (χ3n) is 5.21. The van der Waals surface area contributed by atoms with Gasteiger partial charge in [0.25, 0.3) is 5.56 Å². The number of nitrogens with zero attached hydrogens (tertiary/aromatic N) is 5. The first kappa shape index (κ1) is 19.3. The molecule has 3 aromatic rings. The van der Waals surface area contributed by atoms with Crippen LogP contribution in [0.4, 0.5) is 0 Å². The predicted octanol–water partition coefficient (Wildman–Crippen LogP) is 1.83. The second-order valence-electron chi connectivity index (χ2n) is 7.82. The van der Waals surface area contributed by atoms with Crippen LogP contribution in [0.3, 0.4) is 0 Å². The highest BCUT2D eigenvalue weighted by Crippen LogP contribution is 2.19. The van der Waals surface area contributed by atoms with Crippen molar-refractivity contribution in [2.75, 3.05) is 13.1 Å². The quantitative estimate of drug-likeness (QED) is 0.676. The first-order chi connectivity index (χ1) is 13.8. The largest absolute Gasteiger partial charge is 0.372 e. The van der Waals surface area contributed by atoms with Gasteiger partial charge in [-0.1, -0.05) is 17.7 Å². The van der Waals surface area contributed by atoms with Crippen LogP contribution in [0.2, 0.25) is 0 Å². The van der Waals surface area contributed by atoms with E-state index < -0.39 is 0 Å². The summed E-state index contributed by atoms with van der Waals surface area (Å²) in [6, 6.07) is 6.03. The van der Waals surface area contributed by atoms with Gasteiger partial charge < -0.3 is 9.64 Å². The zero-order valence-corrected chi connectivity index (χ0v) is 17.1. The molecule has 0 unspecified atom stereocenters. The van der Waals surface area contributed by atoms with Gasteiger partial charge in [0.2, 0.25) is 5.91 Å². The number of carbonyl (C=O) groups is 1. The molecule has 1 saturated heterocycles. The molecule has 1 aliphatic heterocycles. The summed E-state index contributed by atoms with van der Waals surface area (Å²) >= 11 is 0. The van der Waals surface area contributed by atoms with Crippen molar-refractivity contribution in [2.24, 2.45) is 0 Å². The number of rotatable bonds is 3. The van der Waals surface area contributed by atoms with E-state index in [9.17, 15) is 9.59 Å². The Kier molecular flexibility index (Phi) is 4.96. The fourth-order valence-electron chi connectivity index (χ4n) is 3.91. The van der Waals surface area contributed by atoms with Crippen LogP contribution >= 0.6 is 0 Å². The Hall–Kier alpha value is -3.00. The molecule has 0 N–H and O–H groups in total. The lowest BCUT2D eigenvalue weighted by molar-refractivity contribution is -0.143. The highest BCUT2D eigenvalue weighted by atomic mass is 16.5. The molecule has 152 valence electrons. The second kappa shape index (κ2) is 7.44. The van der Waals surface area contributed by atoms with Crippen molar-refractivity contribution in [1.29, 1.82) is 0 Å². The van der Waals surface area contributed by atoms with E-state index in [2.05, 4.69) is 16.1 Å². The Labute approximate surface area is 168 Å². The molecule has 0 aliphatic carbocycles. The summed E-state index contributed by atoms with van der Waals surface area (Å²) in [5.74, 6) is -0.114. The number of hydrogen-bond donors (Lipinski definition) is 0. The Morgan fingerprint density at radius 2 is 1.93 bits per heavy atom. The maximum atomic E-state index is 12.9. The van der Waals surface area contributed by atoms with E-state index in [0.29, 0.717) is 24.1 Å². The average molecular weight is 395 g/mol. The molecule has 0 bridgehead atoms. The van der Waals surface area contributed by atoms with Gasteiger partial charge in [-0.3, -0.25) is 14.2 Å². The van der Waals surface area contributed by atoms with Gasteiger partial charge in [-0.15, -0.1) is 0 Å². The minimum Gasteiger partial charge on any atom is -0.372 e. The number of carbonyl (C=O) groups excluding carboxylic acids is 1. The number of fused-ring (bicyclic) bond motifs is 1. The maximum Gasteiger partial charge on any atom is 0.264 e. The second-order valence-corrected chi connectivity index (χ2v) is 7.82. The van der Waals surface area contributed by atoms with E-state index in [4.69, 9.17) is 4.74 Å². The first-order valence-corrected chi connectivity index (χ1v) is 9.77. The predicted molar refractivity (Wildman–Crippen MR) is 109 cm³/mol. The van der Waals surface area contributed by atoms with Crippen LogP contribution in [0.5, 0.6) is 0 Å². The van der Waals surface area contributed by atoms with Crippen molar-refractivity contribution in [2.45, 2.75) is 46.4 Å². The molecule has 0 spiro atoms. The van der Waals surface area contributed by atoms with Crippen molar-refractivity contribution in [3.8, 4) is 5.69 Å². The topological polar surface area (TPSA) is 82.2 Å². The highest BCUT2D eigenvalue weighted by molar-refractivity contribution is 5.78. The normalized spacial score (nSPS) is 19.7. The van der Waals surface area contributed by atoms with Crippen molar-refractivity contribution in [3.63, 3.8) is 0 Å². The van der Waals surface area contributed by atoms with Gasteiger partial charge in [0.1, 0.15) is 18.3 Å². The number of benzene rings is 1. The summed E-state index contributed by atoms with van der Waals surface area (Å²) in [4.78, 5) is 31.8. The Morgan fingerprint density at radius 3 is 2.62 bits per heavy atom. The molecule has 3 heterocycles. The fraction of sp³-hybridized carbons (Fsp3) is 0.429. The third kappa shape index (κ3) is 3.67. The zero-order valence-electron chi connectivity index (χ0n) is 17.1. The molecule has 1 aliphatic rings. The highest BCUT2D eigenvalue weighted by Gasteiger charge is 2.26. The summed E-state index contributed by atoms with van der Waals surface area (Å²) in [5.41, 5.74) is 3.30. The van der Waals surface area contributed by atoms with E-state index >= 15 is 0 Å². The van der Waals surface area contributed by atoms with Gasteiger partial charge in [-0.25, -0.2) is 9.67 Å². The van der Waals surface area contributed by atoms with Crippen molar-refractivity contribution in [3.05, 3.63) is 52.2 Å². The van der Waals surface area contributed by atoms with Crippen LogP contribution in [-0.2, 0) is 16.1 Å². The molecule has 0 radical (unpaired) electrons. The minimum atomic E-state index is -0.270. The molecule has 2 atom stereocenters. The molecule has 0 saturated carbocycles. The summed E-state index contributed by atoms with van der Waals surface area (Å²) < 4.78 is 8.69. The van der Waals surface area contributed by atoms with Gasteiger partial charge in [-0.2, -0.15) is 5.10 Å². The monoisotopic (exact) mass is 395 g/mol. The zero-order chi connectivity index (χ0) is 20.7. The minimum absolute atomic E-state index is 0.0176. The van der Waals surface area contributed by atoms with Gasteiger partial charge in [-0.05, 0) is 39.3 Å². The van der Waals surface area contributed by atoms with Crippen LogP contribution in [0.15, 0.2) is 35.5 Å². The molecule has 29 heavy (non-hydrogen) atoms. The van der Waals surface area contributed by atoms with Crippen LogP contribution < -0.4 is 5.56 Å². The number of aryl methyl sites for hydroxylation is 2. The number of morpholine rings is 1. The Bertz CT molecular complexity index is 1120. The molecule has 2 aromatic heterocycles. The number of ether oxygens (including phenoxy) is 1. The summed E-state index contributed by atoms with van der Waals surface area (Å²) in [6.07, 6.45) is 2.91. The summed E-state index contributed by atoms with van der Waals surface area (Å²) in [6.45, 7) is 8.92. The smallest absolute Gasteiger partial charge is 0.264 e. The van der Waals surface area contributed by atoms with Crippen molar-refractivity contribution in [1.82, 2.24) is 24.2 Å². The van der Waals surface area contributed by atoms with Gasteiger partial charge in [0.15, 0.2) is 5.65 Å². The maximum absolute atomic E-state index is 12.9. The summed E-state index contributed by atoms with van der Waals surface area (Å²) in [7, 11) is 0. The van der Waals surface area contributed by atoms with E-state index in [1.54, 1.807) is 9.58 Å².